The Hall–Kier alpha value is -1.85. The summed E-state index contributed by atoms with van der Waals surface area (Å²) in [4.78, 5) is 12.8. The lowest BCUT2D eigenvalue weighted by Crippen LogP contribution is -2.34. The lowest BCUT2D eigenvalue weighted by Gasteiger charge is -2.17. The molecule has 0 aliphatic carbocycles. The van der Waals surface area contributed by atoms with E-state index in [0.717, 1.165) is 0 Å². The molecule has 6 nitrogen and oxygen atoms in total. The van der Waals surface area contributed by atoms with Crippen LogP contribution in [0.5, 0.6) is 0 Å². The highest BCUT2D eigenvalue weighted by molar-refractivity contribution is 5.93. The van der Waals surface area contributed by atoms with Crippen LogP contribution in [0, 0.1) is 10.8 Å². The van der Waals surface area contributed by atoms with E-state index in [9.17, 15) is 4.79 Å². The molecule has 0 saturated carbocycles. The van der Waals surface area contributed by atoms with E-state index in [1.54, 1.807) is 33.0 Å². The summed E-state index contributed by atoms with van der Waals surface area (Å²) in [6.45, 7) is 5.41. The van der Waals surface area contributed by atoms with Gasteiger partial charge in [0.2, 0.25) is 5.91 Å². The molecule has 1 aromatic rings. The number of carbonyl (C=O) groups is 1. The maximum atomic E-state index is 11.6. The van der Waals surface area contributed by atoms with Gasteiger partial charge in [0.25, 0.3) is 0 Å². The molecule has 0 fully saturated rings. The zero-order valence-electron chi connectivity index (χ0n) is 9.03. The first kappa shape index (κ1) is 11.2. The Labute approximate surface area is 87.9 Å². The number of amidine groups is 1. The number of nitrogens with two attached hydrogens (primary N) is 1. The van der Waals surface area contributed by atoms with Crippen molar-refractivity contribution in [3.05, 3.63) is 18.0 Å². The van der Waals surface area contributed by atoms with Gasteiger partial charge in [0.15, 0.2) is 0 Å². The molecular formula is C9H15N5O. The molecule has 1 rings (SSSR count). The second-order valence-corrected chi connectivity index (χ2v) is 4.25. The predicted octanol–water partition coefficient (Wildman–Crippen LogP) is 0.283. The second kappa shape index (κ2) is 3.72. The van der Waals surface area contributed by atoms with E-state index in [1.807, 2.05) is 0 Å². The Kier molecular flexibility index (Phi) is 2.78. The number of nitrogens with zero attached hydrogens (tertiary/aromatic N) is 2. The van der Waals surface area contributed by atoms with Crippen molar-refractivity contribution in [2.24, 2.45) is 11.1 Å². The first-order valence-electron chi connectivity index (χ1n) is 4.52. The number of hydrogen-bond donors (Lipinski definition) is 3. The number of nitrogen functional groups attached to an aromatic ring is 1. The largest absolute Gasteiger partial charge is 0.382 e. The van der Waals surface area contributed by atoms with E-state index < -0.39 is 5.41 Å². The van der Waals surface area contributed by atoms with E-state index in [2.05, 4.69) is 10.5 Å². The summed E-state index contributed by atoms with van der Waals surface area (Å²) in [6.07, 6.45) is 1.54. The molecule has 0 saturated heterocycles. The number of rotatable bonds is 2. The fraction of sp³-hybridized carbons (Fsp3) is 0.444. The third kappa shape index (κ3) is 2.80. The Morgan fingerprint density at radius 1 is 1.60 bits per heavy atom. The minimum absolute atomic E-state index is 0.126. The van der Waals surface area contributed by atoms with Crippen molar-refractivity contribution in [2.45, 2.75) is 20.8 Å². The van der Waals surface area contributed by atoms with Crippen molar-refractivity contribution in [3.63, 3.8) is 0 Å². The zero-order chi connectivity index (χ0) is 11.6. The van der Waals surface area contributed by atoms with Gasteiger partial charge in [0.05, 0.1) is 0 Å². The first-order valence-corrected chi connectivity index (χ1v) is 4.52. The van der Waals surface area contributed by atoms with Gasteiger partial charge in [-0.2, -0.15) is 4.79 Å². The standard InChI is InChI=1S/C9H15N5O/c1-9(2,3)8(15)13-14-5-4-6(12-14)7(10)11/h4-5H,1-3H3,(H3,10,11)(H,13,15). The molecule has 0 spiro atoms. The molecule has 0 aromatic carbocycles. The van der Waals surface area contributed by atoms with E-state index in [4.69, 9.17) is 11.1 Å². The maximum Gasteiger partial charge on any atom is 0.245 e. The van der Waals surface area contributed by atoms with E-state index in [0.29, 0.717) is 5.69 Å². The number of hydrogen-bond acceptors (Lipinski definition) is 3. The van der Waals surface area contributed by atoms with E-state index in [-0.39, 0.29) is 11.7 Å². The smallest absolute Gasteiger partial charge is 0.245 e. The Balaban J connectivity index is 2.74. The molecule has 1 heterocycles. The van der Waals surface area contributed by atoms with Gasteiger partial charge >= 0.3 is 0 Å². The van der Waals surface area contributed by atoms with E-state index in [1.165, 1.54) is 4.79 Å². The predicted molar refractivity (Wildman–Crippen MR) is 57.1 cm³/mol. The number of carbonyl (C=O) groups excluding carboxylic acids is 1. The van der Waals surface area contributed by atoms with Crippen molar-refractivity contribution in [1.29, 1.82) is 5.41 Å². The average Bonchev–Trinajstić information content (AvgIpc) is 2.50. The molecule has 0 bridgehead atoms. The summed E-state index contributed by atoms with van der Waals surface area (Å²) in [5, 5.41) is 11.0. The van der Waals surface area contributed by atoms with Crippen molar-refractivity contribution >= 4 is 11.7 Å². The normalized spacial score (nSPS) is 11.1. The Bertz CT molecular complexity index is 387. The van der Waals surface area contributed by atoms with Gasteiger partial charge in [-0.1, -0.05) is 20.8 Å². The van der Waals surface area contributed by atoms with Crippen LogP contribution < -0.4 is 11.2 Å². The highest BCUT2D eigenvalue weighted by atomic mass is 16.2. The molecule has 1 amide bonds. The van der Waals surface area contributed by atoms with Crippen molar-refractivity contribution in [1.82, 2.24) is 9.89 Å². The first-order chi connectivity index (χ1) is 6.80. The van der Waals surface area contributed by atoms with Crippen LogP contribution in [0.1, 0.15) is 26.5 Å². The number of nitrogens with one attached hydrogen (secondary N) is 2. The minimum atomic E-state index is -0.484. The van der Waals surface area contributed by atoms with Crippen LogP contribution in [0.15, 0.2) is 12.3 Å². The molecule has 0 aliphatic rings. The highest BCUT2D eigenvalue weighted by Gasteiger charge is 2.21. The van der Waals surface area contributed by atoms with Gasteiger partial charge in [-0.15, -0.1) is 5.10 Å². The maximum absolute atomic E-state index is 11.6. The van der Waals surface area contributed by atoms with Crippen molar-refractivity contribution < 1.29 is 4.79 Å². The topological polar surface area (TPSA) is 96.8 Å². The molecule has 0 atom stereocenters. The summed E-state index contributed by atoms with van der Waals surface area (Å²) in [5.41, 5.74) is 7.66. The highest BCUT2D eigenvalue weighted by Crippen LogP contribution is 2.12. The van der Waals surface area contributed by atoms with Gasteiger partial charge in [0.1, 0.15) is 11.5 Å². The van der Waals surface area contributed by atoms with Crippen LogP contribution in [0.25, 0.3) is 0 Å². The third-order valence-corrected chi connectivity index (χ3v) is 1.76. The monoisotopic (exact) mass is 209 g/mol. The van der Waals surface area contributed by atoms with Crippen LogP contribution in [-0.4, -0.2) is 21.6 Å². The average molecular weight is 209 g/mol. The Morgan fingerprint density at radius 2 is 2.20 bits per heavy atom. The van der Waals surface area contributed by atoms with Crippen LogP contribution >= 0.6 is 0 Å². The van der Waals surface area contributed by atoms with Gasteiger partial charge in [-0.3, -0.25) is 10.2 Å². The zero-order valence-corrected chi connectivity index (χ0v) is 9.03. The van der Waals surface area contributed by atoms with Crippen LogP contribution in [-0.2, 0) is 4.79 Å². The molecule has 4 N–H and O–H groups in total. The van der Waals surface area contributed by atoms with Gasteiger partial charge < -0.3 is 5.73 Å². The van der Waals surface area contributed by atoms with Gasteiger partial charge in [-0.25, -0.2) is 5.43 Å². The second-order valence-electron chi connectivity index (χ2n) is 4.25. The quantitative estimate of drug-likeness (QED) is 0.482. The van der Waals surface area contributed by atoms with Crippen LogP contribution in [0.2, 0.25) is 0 Å². The minimum Gasteiger partial charge on any atom is -0.382 e. The molecule has 0 aliphatic heterocycles. The fourth-order valence-electron chi connectivity index (χ4n) is 0.802. The van der Waals surface area contributed by atoms with Gasteiger partial charge in [-0.05, 0) is 6.07 Å². The third-order valence-electron chi connectivity index (χ3n) is 1.76. The molecule has 0 unspecified atom stereocenters. The van der Waals surface area contributed by atoms with Crippen molar-refractivity contribution in [3.8, 4) is 0 Å². The molecule has 15 heavy (non-hydrogen) atoms. The van der Waals surface area contributed by atoms with Gasteiger partial charge in [0, 0.05) is 11.6 Å². The molecule has 1 aromatic heterocycles. The van der Waals surface area contributed by atoms with Crippen LogP contribution in [0.3, 0.4) is 0 Å². The fourth-order valence-corrected chi connectivity index (χ4v) is 0.802. The van der Waals surface area contributed by atoms with Crippen LogP contribution in [0.4, 0.5) is 0 Å². The lowest BCUT2D eigenvalue weighted by atomic mass is 9.96. The van der Waals surface area contributed by atoms with Crippen molar-refractivity contribution in [2.75, 3.05) is 5.43 Å². The molecule has 0 radical (unpaired) electrons. The SMILES string of the molecule is CC(C)(C)C(=O)Nn1ccc(C(=N)N)n1. The summed E-state index contributed by atoms with van der Waals surface area (Å²) >= 11 is 0. The lowest BCUT2D eigenvalue weighted by molar-refractivity contribution is -0.124. The molecule has 6 heteroatoms. The summed E-state index contributed by atoms with van der Waals surface area (Å²) in [5.74, 6) is -0.278. The molecule has 82 valence electrons. The Morgan fingerprint density at radius 3 is 2.60 bits per heavy atom. The summed E-state index contributed by atoms with van der Waals surface area (Å²) < 4.78 is 0. The summed E-state index contributed by atoms with van der Waals surface area (Å²) in [6, 6.07) is 1.56. The molecular weight excluding hydrogens is 194 g/mol. The van der Waals surface area contributed by atoms with E-state index >= 15 is 0 Å². The number of aromatic nitrogens is 2. The number of amides is 1. The summed E-state index contributed by atoms with van der Waals surface area (Å²) in [7, 11) is 0.